The summed E-state index contributed by atoms with van der Waals surface area (Å²) in [6.07, 6.45) is 8.23. The minimum Gasteiger partial charge on any atom is -0.310 e. The van der Waals surface area contributed by atoms with Gasteiger partial charge >= 0.3 is 0 Å². The maximum atomic E-state index is 15.2. The molecule has 2 atom stereocenters. The van der Waals surface area contributed by atoms with Gasteiger partial charge in [-0.1, -0.05) is 235 Å². The first-order valence-corrected chi connectivity index (χ1v) is 36.3. The van der Waals surface area contributed by atoms with Crippen LogP contribution >= 0.6 is 0 Å². The van der Waals surface area contributed by atoms with Crippen LogP contribution in [0.25, 0.3) is 45.5 Å². The van der Waals surface area contributed by atoms with Crippen LogP contribution in [0.3, 0.4) is 0 Å². The molecule has 1 heterocycles. The van der Waals surface area contributed by atoms with Crippen molar-refractivity contribution in [2.24, 2.45) is 0 Å². The Morgan fingerprint density at radius 2 is 0.695 bits per heavy atom. The van der Waals surface area contributed by atoms with Crippen LogP contribution in [0.1, 0.15) is 117 Å². The van der Waals surface area contributed by atoms with E-state index in [9.17, 15) is 0 Å². The Morgan fingerprint density at radius 1 is 0.358 bits per heavy atom. The fourth-order valence-corrected chi connectivity index (χ4v) is 22.5. The van der Waals surface area contributed by atoms with E-state index in [1.165, 1.54) is 77.1 Å². The summed E-state index contributed by atoms with van der Waals surface area (Å²) in [5.41, 5.74) is 28.2. The predicted molar refractivity (Wildman–Crippen MR) is 399 cm³/mol. The summed E-state index contributed by atoms with van der Waals surface area (Å²) >= 11 is 0. The van der Waals surface area contributed by atoms with Crippen molar-refractivity contribution in [2.75, 3.05) is 9.80 Å². The first-order valence-electron chi connectivity index (χ1n) is 33.9. The molecule has 95 heavy (non-hydrogen) atoms. The molecule has 0 saturated carbocycles. The van der Waals surface area contributed by atoms with E-state index >= 15 is 8.78 Å². The number of hydrogen-bond acceptors (Lipinski definition) is 2. The Kier molecular flexibility index (Phi) is 15.6. The van der Waals surface area contributed by atoms with Crippen molar-refractivity contribution >= 4 is 64.7 Å². The summed E-state index contributed by atoms with van der Waals surface area (Å²) in [6.45, 7) is 21.8. The smallest absolute Gasteiger partial charge is 0.123 e. The van der Waals surface area contributed by atoms with Gasteiger partial charge in [-0.05, 0) is 246 Å². The third-order valence-corrected chi connectivity index (χ3v) is 26.6. The van der Waals surface area contributed by atoms with Gasteiger partial charge in [0.15, 0.2) is 0 Å². The highest BCUT2D eigenvalue weighted by Gasteiger charge is 2.50. The van der Waals surface area contributed by atoms with Crippen molar-refractivity contribution in [3.8, 4) is 33.4 Å². The monoisotopic (exact) mass is 1250 g/mol. The SMILES string of the molecule is C=Cc1ccc(C2(c3ccc(F)cc3)c3ccccc3-c3ccc(N(c4ccc5c(c4)[Si](CCCC)(CCCC)c4cc(N(c6ccc7c(c6)C(c6ccc(F)cc6)(c6ccc(C=C)cc6)c6ccccc6-7)c6cc(C)ccc6C)ccc4-5)c4cc(C)ccc4C)cc32)cc1. The number of anilines is 6. The molecule has 3 aliphatic rings. The number of aryl methyl sites for hydroxylation is 4. The first kappa shape index (κ1) is 61.0. The van der Waals surface area contributed by atoms with Crippen LogP contribution in [0.15, 0.2) is 268 Å². The fourth-order valence-electron chi connectivity index (χ4n) is 16.7. The average Bonchev–Trinajstić information content (AvgIpc) is 1.57. The van der Waals surface area contributed by atoms with Crippen molar-refractivity contribution in [1.29, 1.82) is 0 Å². The van der Waals surface area contributed by atoms with E-state index in [1.807, 2.05) is 36.4 Å². The molecule has 0 bridgehead atoms. The minimum atomic E-state index is -2.62. The Balaban J connectivity index is 0.932. The summed E-state index contributed by atoms with van der Waals surface area (Å²) in [4.78, 5) is 5.06. The van der Waals surface area contributed by atoms with Crippen LogP contribution in [0.2, 0.25) is 12.1 Å². The molecule has 12 aromatic rings. The second-order valence-corrected chi connectivity index (χ2v) is 31.0. The lowest BCUT2D eigenvalue weighted by Gasteiger charge is -2.36. The van der Waals surface area contributed by atoms with Crippen molar-refractivity contribution in [3.05, 3.63) is 357 Å². The molecule has 12 aromatic carbocycles. The largest absolute Gasteiger partial charge is 0.310 e. The number of fused-ring (bicyclic) bond motifs is 9. The van der Waals surface area contributed by atoms with E-state index in [-0.39, 0.29) is 11.6 Å². The second kappa shape index (κ2) is 24.3. The zero-order valence-corrected chi connectivity index (χ0v) is 56.2. The van der Waals surface area contributed by atoms with Gasteiger partial charge in [0.1, 0.15) is 19.7 Å². The van der Waals surface area contributed by atoms with E-state index in [2.05, 4.69) is 271 Å². The van der Waals surface area contributed by atoms with Crippen molar-refractivity contribution in [2.45, 2.75) is 90.1 Å². The third-order valence-electron chi connectivity index (χ3n) is 21.3. The number of hydrogen-bond donors (Lipinski definition) is 0. The summed E-state index contributed by atoms with van der Waals surface area (Å²) in [5, 5.41) is 3.02. The summed E-state index contributed by atoms with van der Waals surface area (Å²) in [7, 11) is -2.62. The van der Waals surface area contributed by atoms with Gasteiger partial charge in [0, 0.05) is 34.1 Å². The molecule has 2 nitrogen and oxygen atoms in total. The minimum absolute atomic E-state index is 0.262. The topological polar surface area (TPSA) is 6.48 Å². The Morgan fingerprint density at radius 3 is 1.06 bits per heavy atom. The van der Waals surface area contributed by atoms with Crippen molar-refractivity contribution < 1.29 is 8.78 Å². The van der Waals surface area contributed by atoms with E-state index in [0.29, 0.717) is 0 Å². The normalized spacial score (nSPS) is 15.9. The van der Waals surface area contributed by atoms with E-state index < -0.39 is 18.9 Å². The molecule has 1 aliphatic heterocycles. The van der Waals surface area contributed by atoms with Gasteiger partial charge in [0.05, 0.1) is 10.8 Å². The molecular weight excluding hydrogens is 1180 g/mol. The fraction of sp³-hybridized carbons (Fsp3) is 0.156. The standard InChI is InChI=1S/C90H78F2N2Si/c1-9-13-51-95(52-14-10-2)87-57-73(93(85-53-59(5)23-25-61(85)7)71-43-47-77-75-19-15-17-21-81(75)89(83(77)55-71,67-35-39-69(91)40-36-67)65-31-27-63(11-3)28-32-65)45-49-79(87)80-50-46-74(58-88(80)95)94(86-54-60(6)24-26-62(86)8)72-44-48-78-76-20-16-18-22-82(76)90(84(78)56-72,68-37-41-70(92)42-38-68)66-33-29-64(12-4)30-34-66/h11-12,15-50,53-58H,3-4,9-10,13-14,51-52H2,1-2,5-8H3. The average molecular weight is 1250 g/mol. The second-order valence-electron chi connectivity index (χ2n) is 26.7. The maximum absolute atomic E-state index is 15.2. The van der Waals surface area contributed by atoms with E-state index in [1.54, 1.807) is 24.3 Å². The van der Waals surface area contributed by atoms with Gasteiger partial charge in [-0.3, -0.25) is 0 Å². The lowest BCUT2D eigenvalue weighted by atomic mass is 9.67. The first-order chi connectivity index (χ1) is 46.3. The number of benzene rings is 12. The van der Waals surface area contributed by atoms with Crippen LogP contribution in [-0.4, -0.2) is 8.07 Å². The number of nitrogens with zero attached hydrogens (tertiary/aromatic N) is 2. The van der Waals surface area contributed by atoms with Gasteiger partial charge < -0.3 is 9.80 Å². The lowest BCUT2D eigenvalue weighted by molar-refractivity contribution is 0.624. The maximum Gasteiger partial charge on any atom is 0.123 e. The molecular formula is C90H78F2N2Si. The quantitative estimate of drug-likeness (QED) is 0.0790. The lowest BCUT2D eigenvalue weighted by Crippen LogP contribution is -2.55. The molecule has 466 valence electrons. The Labute approximate surface area is 560 Å². The molecule has 2 aliphatic carbocycles. The van der Waals surface area contributed by atoms with Crippen molar-refractivity contribution in [3.63, 3.8) is 0 Å². The molecule has 2 unspecified atom stereocenters. The molecule has 5 heteroatoms. The van der Waals surface area contributed by atoms with Crippen LogP contribution in [0.4, 0.5) is 42.9 Å². The molecule has 0 radical (unpaired) electrons. The zero-order valence-electron chi connectivity index (χ0n) is 55.2. The van der Waals surface area contributed by atoms with Gasteiger partial charge in [-0.2, -0.15) is 0 Å². The predicted octanol–water partition coefficient (Wildman–Crippen LogP) is 23.3. The molecule has 0 spiro atoms. The molecule has 0 fully saturated rings. The molecule has 0 aromatic heterocycles. The summed E-state index contributed by atoms with van der Waals surface area (Å²) in [5.74, 6) is -0.524. The van der Waals surface area contributed by atoms with Gasteiger partial charge in [0.25, 0.3) is 0 Å². The van der Waals surface area contributed by atoms with Crippen LogP contribution in [0, 0.1) is 39.3 Å². The zero-order chi connectivity index (χ0) is 65.3. The highest BCUT2D eigenvalue weighted by Crippen LogP contribution is 2.60. The number of unbranched alkanes of at least 4 members (excludes halogenated alkanes) is 2. The van der Waals surface area contributed by atoms with Gasteiger partial charge in [-0.25, -0.2) is 8.78 Å². The van der Waals surface area contributed by atoms with E-state index in [0.717, 1.165) is 116 Å². The van der Waals surface area contributed by atoms with E-state index in [4.69, 9.17) is 0 Å². The van der Waals surface area contributed by atoms with Gasteiger partial charge in [-0.15, -0.1) is 0 Å². The highest BCUT2D eigenvalue weighted by atomic mass is 28.3. The van der Waals surface area contributed by atoms with Gasteiger partial charge in [0.2, 0.25) is 0 Å². The summed E-state index contributed by atoms with van der Waals surface area (Å²) in [6, 6.07) is 94.6. The van der Waals surface area contributed by atoms with Crippen molar-refractivity contribution in [1.82, 2.24) is 0 Å². The highest BCUT2D eigenvalue weighted by molar-refractivity contribution is 7.05. The summed E-state index contributed by atoms with van der Waals surface area (Å²) < 4.78 is 30.4. The van der Waals surface area contributed by atoms with Crippen LogP contribution < -0.4 is 20.2 Å². The third kappa shape index (κ3) is 9.75. The number of halogens is 2. The molecule has 0 amide bonds. The Hall–Kier alpha value is -10.2. The Bertz CT molecular complexity index is 4670. The number of rotatable bonds is 18. The van der Waals surface area contributed by atoms with Crippen LogP contribution in [-0.2, 0) is 10.8 Å². The molecule has 15 rings (SSSR count). The van der Waals surface area contributed by atoms with Crippen LogP contribution in [0.5, 0.6) is 0 Å². The molecule has 0 saturated heterocycles. The molecule has 0 N–H and O–H groups in total.